The molecule has 8 heavy (non-hydrogen) atoms. The first-order valence-electron chi connectivity index (χ1n) is 2.69. The van der Waals surface area contributed by atoms with Crippen LogP contribution in [0.15, 0.2) is 0 Å². The first-order valence-corrected chi connectivity index (χ1v) is 2.69. The van der Waals surface area contributed by atoms with E-state index in [-0.39, 0.29) is 31.7 Å². The van der Waals surface area contributed by atoms with E-state index in [4.69, 9.17) is 5.73 Å². The van der Waals surface area contributed by atoms with Gasteiger partial charge in [-0.3, -0.25) is 0 Å². The van der Waals surface area contributed by atoms with Gasteiger partial charge in [-0.25, -0.2) is 0 Å². The van der Waals surface area contributed by atoms with Gasteiger partial charge in [0.25, 0.3) is 0 Å². The Balaban J connectivity index is 0. The molecule has 48 valence electrons. The van der Waals surface area contributed by atoms with Crippen LogP contribution in [0.2, 0.25) is 0 Å². The van der Waals surface area contributed by atoms with E-state index in [2.05, 4.69) is 13.8 Å². The smallest absolute Gasteiger partial charge is 0 e. The monoisotopic (exact) mass is 190 g/mol. The molecule has 0 fully saturated rings. The second kappa shape index (κ2) is 3.79. The topological polar surface area (TPSA) is 23.8 Å². The fourth-order valence-corrected chi connectivity index (χ4v) is 0. The molecule has 0 saturated heterocycles. The molecule has 0 rings (SSSR count). The molecule has 1 nitrogen and oxygen atoms in total. The summed E-state index contributed by atoms with van der Waals surface area (Å²) in [5.74, 6) is 0.465. The zero-order chi connectivity index (χ0) is 6.08. The molecule has 0 aliphatic rings. The molecule has 0 spiro atoms. The summed E-state index contributed by atoms with van der Waals surface area (Å²) < 4.78 is 0. The molecule has 0 aromatic carbocycles. The van der Waals surface area contributed by atoms with E-state index in [9.17, 15) is 0 Å². The molecular weight excluding hydrogens is 177 g/mol. The summed E-state index contributed by atoms with van der Waals surface area (Å²) in [5.41, 5.74) is 7.14. The fourth-order valence-electron chi connectivity index (χ4n) is 0. The van der Waals surface area contributed by atoms with E-state index >= 15 is 0 Å². The summed E-state index contributed by atoms with van der Waals surface area (Å²) in [7, 11) is 0. The number of nitrogens with one attached hydrogen (secondary N) is 1. The Morgan fingerprint density at radius 1 is 1.25 bits per heavy atom. The van der Waals surface area contributed by atoms with E-state index < -0.39 is 0 Å². The summed E-state index contributed by atoms with van der Waals surface area (Å²) in [6.45, 7) is 7.98. The first kappa shape index (κ1) is 11.6. The molecule has 0 radical (unpaired) electrons. The van der Waals surface area contributed by atoms with Gasteiger partial charge < -0.3 is 5.73 Å². The van der Waals surface area contributed by atoms with Crippen LogP contribution in [0, 0.1) is 5.92 Å². The molecule has 1 N–H and O–H groups in total. The normalized spacial score (nSPS) is 11.2. The van der Waals surface area contributed by atoms with E-state index in [0.29, 0.717) is 5.92 Å². The summed E-state index contributed by atoms with van der Waals surface area (Å²) in [5, 5.41) is 0. The van der Waals surface area contributed by atoms with Gasteiger partial charge in [0.05, 0.1) is 0 Å². The molecule has 0 saturated carbocycles. The number of hydrogen-bond donors (Lipinski definition) is 0. The Morgan fingerprint density at radius 3 is 1.38 bits per heavy atom. The molecule has 0 atom stereocenters. The van der Waals surface area contributed by atoms with Crippen molar-refractivity contribution in [2.24, 2.45) is 5.92 Å². The van der Waals surface area contributed by atoms with Crippen molar-refractivity contribution in [1.29, 1.82) is 0 Å². The maximum Gasteiger partial charge on any atom is 0 e. The van der Waals surface area contributed by atoms with Crippen molar-refractivity contribution in [3.05, 3.63) is 5.73 Å². The molecule has 0 aliphatic carbocycles. The molecule has 0 unspecified atom stereocenters. The third kappa shape index (κ3) is 4.99. The Kier molecular flexibility index (Phi) is 5.50. The Morgan fingerprint density at radius 2 is 1.38 bits per heavy atom. The van der Waals surface area contributed by atoms with Crippen LogP contribution in [0.1, 0.15) is 27.7 Å². The van der Waals surface area contributed by atoms with Gasteiger partial charge >= 0.3 is 0 Å². The maximum atomic E-state index is 7.39. The number of hydrogen-bond acceptors (Lipinski definition) is 0. The van der Waals surface area contributed by atoms with Crippen molar-refractivity contribution >= 4 is 0 Å². The average Bonchev–Trinajstić information content (AvgIpc) is 1.31. The van der Waals surface area contributed by atoms with Crippen LogP contribution in [0.5, 0.6) is 0 Å². The third-order valence-corrected chi connectivity index (χ3v) is 1.44. The standard InChI is InChI=1S/C6H14N.Zr/c1-5(2)6(3,4)7;/h5,7H,1-4H3;/q-1;. The molecule has 0 aliphatic heterocycles. The Hall–Kier alpha value is 0.843. The SMILES string of the molecule is CC(C)C(C)(C)[NH-].[Zr]. The van der Waals surface area contributed by atoms with E-state index in [1.54, 1.807) is 0 Å². The van der Waals surface area contributed by atoms with Crippen LogP contribution in [0.4, 0.5) is 0 Å². The van der Waals surface area contributed by atoms with Crippen LogP contribution in [0.25, 0.3) is 5.73 Å². The minimum atomic E-state index is -0.250. The molecule has 0 aromatic rings. The minimum absolute atomic E-state index is 0. The summed E-state index contributed by atoms with van der Waals surface area (Å²) in [6, 6.07) is 0. The fraction of sp³-hybridized carbons (Fsp3) is 1.00. The zero-order valence-corrected chi connectivity index (χ0v) is 8.54. The van der Waals surface area contributed by atoms with E-state index in [1.165, 1.54) is 0 Å². The van der Waals surface area contributed by atoms with Gasteiger partial charge in [0.2, 0.25) is 0 Å². The van der Waals surface area contributed by atoms with E-state index in [0.717, 1.165) is 0 Å². The van der Waals surface area contributed by atoms with Crippen LogP contribution in [-0.4, -0.2) is 5.54 Å². The van der Waals surface area contributed by atoms with Crippen LogP contribution >= 0.6 is 0 Å². The van der Waals surface area contributed by atoms with Crippen molar-refractivity contribution in [3.8, 4) is 0 Å². The van der Waals surface area contributed by atoms with Gasteiger partial charge in [0.15, 0.2) is 0 Å². The predicted octanol–water partition coefficient (Wildman–Crippen LogP) is 2.47. The largest absolute Gasteiger partial charge is 0.672 e. The van der Waals surface area contributed by atoms with Gasteiger partial charge in [-0.2, -0.15) is 0 Å². The maximum absolute atomic E-state index is 7.39. The van der Waals surface area contributed by atoms with Gasteiger partial charge in [-0.15, -0.1) is 5.54 Å². The van der Waals surface area contributed by atoms with Gasteiger partial charge in [0.1, 0.15) is 0 Å². The summed E-state index contributed by atoms with van der Waals surface area (Å²) >= 11 is 0. The third-order valence-electron chi connectivity index (χ3n) is 1.44. The van der Waals surface area contributed by atoms with Crippen LogP contribution in [-0.2, 0) is 26.2 Å². The Labute approximate surface area is 71.2 Å². The quantitative estimate of drug-likeness (QED) is 0.608. The second-order valence-electron chi connectivity index (χ2n) is 2.88. The molecule has 0 amide bonds. The van der Waals surface area contributed by atoms with E-state index in [1.807, 2.05) is 13.8 Å². The molecule has 0 heterocycles. The zero-order valence-electron chi connectivity index (χ0n) is 6.08. The number of rotatable bonds is 1. The molecule has 0 aromatic heterocycles. The van der Waals surface area contributed by atoms with Crippen molar-refractivity contribution in [1.82, 2.24) is 0 Å². The van der Waals surface area contributed by atoms with Crippen molar-refractivity contribution in [2.45, 2.75) is 33.2 Å². The molecular formula is C6H14NZr-. The van der Waals surface area contributed by atoms with Crippen LogP contribution in [0.3, 0.4) is 0 Å². The predicted molar refractivity (Wildman–Crippen MR) is 33.2 cm³/mol. The first-order chi connectivity index (χ1) is 2.94. The van der Waals surface area contributed by atoms with Crippen molar-refractivity contribution in [2.75, 3.05) is 0 Å². The second-order valence-corrected chi connectivity index (χ2v) is 2.88. The van der Waals surface area contributed by atoms with Gasteiger partial charge in [-0.05, 0) is 0 Å². The summed E-state index contributed by atoms with van der Waals surface area (Å²) in [6.07, 6.45) is 0. The molecule has 0 bridgehead atoms. The van der Waals surface area contributed by atoms with Gasteiger partial charge in [-0.1, -0.05) is 33.6 Å². The van der Waals surface area contributed by atoms with Crippen LogP contribution < -0.4 is 0 Å². The Bertz CT molecular complexity index is 54.0. The van der Waals surface area contributed by atoms with Gasteiger partial charge in [0, 0.05) is 26.2 Å². The molecule has 2 heteroatoms. The average molecular weight is 191 g/mol. The van der Waals surface area contributed by atoms with Crippen molar-refractivity contribution < 1.29 is 26.2 Å². The minimum Gasteiger partial charge on any atom is -0.672 e. The van der Waals surface area contributed by atoms with Crippen molar-refractivity contribution in [3.63, 3.8) is 0 Å². The summed E-state index contributed by atoms with van der Waals surface area (Å²) in [4.78, 5) is 0.